The molecule has 0 aliphatic carbocycles. The Morgan fingerprint density at radius 2 is 2.06 bits per heavy atom. The van der Waals surface area contributed by atoms with Crippen LogP contribution in [0.2, 0.25) is 5.02 Å². The number of anilines is 1. The molecule has 3 nitrogen and oxygen atoms in total. The van der Waals surface area contributed by atoms with Gasteiger partial charge in [-0.2, -0.15) is 0 Å². The van der Waals surface area contributed by atoms with E-state index >= 15 is 0 Å². The van der Waals surface area contributed by atoms with E-state index in [1.807, 2.05) is 6.07 Å². The zero-order chi connectivity index (χ0) is 13.1. The van der Waals surface area contributed by atoms with Crippen molar-refractivity contribution >= 4 is 23.2 Å². The highest BCUT2D eigenvalue weighted by Crippen LogP contribution is 2.22. The fourth-order valence-corrected chi connectivity index (χ4v) is 1.62. The van der Waals surface area contributed by atoms with Crippen LogP contribution in [0.4, 0.5) is 5.69 Å². The first-order chi connectivity index (χ1) is 7.79. The summed E-state index contributed by atoms with van der Waals surface area (Å²) in [6.45, 7) is 7.41. The van der Waals surface area contributed by atoms with Gasteiger partial charge in [-0.05, 0) is 30.0 Å². The molecular formula is C13H19ClN2O. The molecule has 1 aromatic carbocycles. The maximum atomic E-state index is 11.1. The number of nitrogens with two attached hydrogens (primary N) is 1. The van der Waals surface area contributed by atoms with Gasteiger partial charge in [-0.3, -0.25) is 4.79 Å². The molecule has 0 radical (unpaired) electrons. The van der Waals surface area contributed by atoms with Crippen LogP contribution >= 0.6 is 11.6 Å². The smallest absolute Gasteiger partial charge is 0.250 e. The number of rotatable bonds is 4. The lowest BCUT2D eigenvalue weighted by atomic mass is 9.92. The molecule has 0 aliphatic rings. The molecule has 94 valence electrons. The first kappa shape index (κ1) is 13.8. The predicted octanol–water partition coefficient (Wildman–Crippen LogP) is 3.29. The van der Waals surface area contributed by atoms with Gasteiger partial charge in [0.15, 0.2) is 0 Å². The highest BCUT2D eigenvalue weighted by atomic mass is 35.5. The van der Waals surface area contributed by atoms with Gasteiger partial charge >= 0.3 is 0 Å². The fraction of sp³-hybridized carbons (Fsp3) is 0.462. The van der Waals surface area contributed by atoms with Crippen LogP contribution in [-0.2, 0) is 0 Å². The van der Waals surface area contributed by atoms with Gasteiger partial charge in [0.05, 0.1) is 10.6 Å². The summed E-state index contributed by atoms with van der Waals surface area (Å²) in [6, 6.07) is 5.21. The van der Waals surface area contributed by atoms with Gasteiger partial charge in [-0.15, -0.1) is 0 Å². The molecule has 0 saturated heterocycles. The number of halogens is 1. The second-order valence-electron chi connectivity index (χ2n) is 5.30. The van der Waals surface area contributed by atoms with Crippen molar-refractivity contribution in [3.05, 3.63) is 28.8 Å². The molecule has 4 heteroatoms. The van der Waals surface area contributed by atoms with Crippen LogP contribution < -0.4 is 11.1 Å². The summed E-state index contributed by atoms with van der Waals surface area (Å²) in [5, 5.41) is 3.65. The molecule has 0 atom stereocenters. The highest BCUT2D eigenvalue weighted by molar-refractivity contribution is 6.33. The molecule has 1 amide bonds. The summed E-state index contributed by atoms with van der Waals surface area (Å²) in [5.74, 6) is -0.505. The first-order valence-corrected chi connectivity index (χ1v) is 6.00. The molecule has 0 bridgehead atoms. The molecule has 0 fully saturated rings. The van der Waals surface area contributed by atoms with E-state index in [9.17, 15) is 4.79 Å². The molecule has 0 spiro atoms. The van der Waals surface area contributed by atoms with Crippen LogP contribution in [0.15, 0.2) is 18.2 Å². The van der Waals surface area contributed by atoms with Gasteiger partial charge in [0, 0.05) is 12.2 Å². The number of carbonyl (C=O) groups is 1. The third-order valence-corrected chi connectivity index (χ3v) is 2.77. The largest absolute Gasteiger partial charge is 0.385 e. The number of hydrogen-bond acceptors (Lipinski definition) is 2. The Morgan fingerprint density at radius 3 is 2.59 bits per heavy atom. The monoisotopic (exact) mass is 254 g/mol. The summed E-state index contributed by atoms with van der Waals surface area (Å²) >= 11 is 5.87. The van der Waals surface area contributed by atoms with E-state index < -0.39 is 5.91 Å². The molecule has 0 aromatic heterocycles. The minimum absolute atomic E-state index is 0.284. The Morgan fingerprint density at radius 1 is 1.41 bits per heavy atom. The lowest BCUT2D eigenvalue weighted by Crippen LogP contribution is -2.14. The van der Waals surface area contributed by atoms with Crippen LogP contribution in [-0.4, -0.2) is 12.5 Å². The summed E-state index contributed by atoms with van der Waals surface area (Å²) in [6.07, 6.45) is 1.04. The van der Waals surface area contributed by atoms with Crippen LogP contribution in [0.3, 0.4) is 0 Å². The summed E-state index contributed by atoms with van der Waals surface area (Å²) in [7, 11) is 0. The quantitative estimate of drug-likeness (QED) is 0.866. The number of primary amides is 1. The van der Waals surface area contributed by atoms with Crippen molar-refractivity contribution in [3.8, 4) is 0 Å². The molecule has 0 heterocycles. The van der Waals surface area contributed by atoms with Crippen molar-refractivity contribution < 1.29 is 4.79 Å². The third kappa shape index (κ3) is 4.65. The van der Waals surface area contributed by atoms with E-state index in [-0.39, 0.29) is 5.41 Å². The van der Waals surface area contributed by atoms with Gasteiger partial charge in [0.1, 0.15) is 0 Å². The zero-order valence-corrected chi connectivity index (χ0v) is 11.3. The maximum absolute atomic E-state index is 11.1. The average molecular weight is 255 g/mol. The van der Waals surface area contributed by atoms with E-state index in [1.54, 1.807) is 12.1 Å². The average Bonchev–Trinajstić information content (AvgIpc) is 2.18. The summed E-state index contributed by atoms with van der Waals surface area (Å²) in [5.41, 5.74) is 6.74. The zero-order valence-electron chi connectivity index (χ0n) is 10.5. The summed E-state index contributed by atoms with van der Waals surface area (Å²) < 4.78 is 0. The number of benzene rings is 1. The van der Waals surface area contributed by atoms with Gasteiger partial charge in [-0.1, -0.05) is 32.4 Å². The van der Waals surface area contributed by atoms with Crippen molar-refractivity contribution in [2.24, 2.45) is 11.1 Å². The SMILES string of the molecule is CC(C)(C)CCNc1ccc(Cl)c(C(N)=O)c1. The predicted molar refractivity (Wildman–Crippen MR) is 72.5 cm³/mol. The van der Waals surface area contributed by atoms with Gasteiger partial charge in [0.2, 0.25) is 5.91 Å². The fourth-order valence-electron chi connectivity index (χ4n) is 1.41. The van der Waals surface area contributed by atoms with E-state index in [1.165, 1.54) is 0 Å². The van der Waals surface area contributed by atoms with Crippen molar-refractivity contribution in [2.75, 3.05) is 11.9 Å². The van der Waals surface area contributed by atoms with Crippen LogP contribution in [0.1, 0.15) is 37.6 Å². The number of hydrogen-bond donors (Lipinski definition) is 2. The Balaban J connectivity index is 2.67. The van der Waals surface area contributed by atoms with Gasteiger partial charge in [0.25, 0.3) is 0 Å². The van der Waals surface area contributed by atoms with Gasteiger partial charge in [-0.25, -0.2) is 0 Å². The topological polar surface area (TPSA) is 55.1 Å². The molecule has 17 heavy (non-hydrogen) atoms. The molecule has 3 N–H and O–H groups in total. The van der Waals surface area contributed by atoms with Crippen LogP contribution in [0.5, 0.6) is 0 Å². The maximum Gasteiger partial charge on any atom is 0.250 e. The van der Waals surface area contributed by atoms with E-state index in [4.69, 9.17) is 17.3 Å². The molecule has 0 unspecified atom stereocenters. The molecule has 1 rings (SSSR count). The van der Waals surface area contributed by atoms with E-state index in [0.29, 0.717) is 10.6 Å². The van der Waals surface area contributed by atoms with E-state index in [0.717, 1.165) is 18.7 Å². The summed E-state index contributed by atoms with van der Waals surface area (Å²) in [4.78, 5) is 11.1. The van der Waals surface area contributed by atoms with Crippen molar-refractivity contribution in [2.45, 2.75) is 27.2 Å². The van der Waals surface area contributed by atoms with E-state index in [2.05, 4.69) is 26.1 Å². The first-order valence-electron chi connectivity index (χ1n) is 5.63. The molecule has 0 aliphatic heterocycles. The highest BCUT2D eigenvalue weighted by Gasteiger charge is 2.10. The minimum Gasteiger partial charge on any atom is -0.385 e. The standard InChI is InChI=1S/C13H19ClN2O/c1-13(2,3)6-7-16-9-4-5-11(14)10(8-9)12(15)17/h4-5,8,16H,6-7H2,1-3H3,(H2,15,17). The lowest BCUT2D eigenvalue weighted by molar-refractivity contribution is 0.100. The lowest BCUT2D eigenvalue weighted by Gasteiger charge is -2.18. The minimum atomic E-state index is -0.505. The van der Waals surface area contributed by atoms with Crippen LogP contribution in [0, 0.1) is 5.41 Å². The number of nitrogens with one attached hydrogen (secondary N) is 1. The normalized spacial score (nSPS) is 11.3. The Bertz CT molecular complexity index is 410. The molecular weight excluding hydrogens is 236 g/mol. The molecule has 1 aromatic rings. The second-order valence-corrected chi connectivity index (χ2v) is 5.70. The van der Waals surface area contributed by atoms with Gasteiger partial charge < -0.3 is 11.1 Å². The Hall–Kier alpha value is -1.22. The van der Waals surface area contributed by atoms with Crippen molar-refractivity contribution in [1.29, 1.82) is 0 Å². The second kappa shape index (κ2) is 5.41. The number of amides is 1. The Labute approximate surface area is 107 Å². The third-order valence-electron chi connectivity index (χ3n) is 2.44. The Kier molecular flexibility index (Phi) is 4.40. The van der Waals surface area contributed by atoms with Crippen molar-refractivity contribution in [1.82, 2.24) is 0 Å². The number of carbonyl (C=O) groups excluding carboxylic acids is 1. The van der Waals surface area contributed by atoms with Crippen molar-refractivity contribution in [3.63, 3.8) is 0 Å². The molecule has 0 saturated carbocycles. The van der Waals surface area contributed by atoms with Crippen LogP contribution in [0.25, 0.3) is 0 Å².